The Morgan fingerprint density at radius 1 is 0.667 bits per heavy atom. The number of hydrogen-bond donors (Lipinski definition) is 0. The molecule has 0 spiro atoms. The monoisotopic (exact) mass is 284 g/mol. The predicted octanol–water partition coefficient (Wildman–Crippen LogP) is -18.0. The number of rotatable bonds is 0. The summed E-state index contributed by atoms with van der Waals surface area (Å²) in [5.74, 6) is 0. The van der Waals surface area contributed by atoms with Crippen LogP contribution in [0.3, 0.4) is 0 Å². The van der Waals surface area contributed by atoms with Gasteiger partial charge in [-0.25, -0.2) is 0 Å². The molecule has 0 aliphatic carbocycles. The van der Waals surface area contributed by atoms with Gasteiger partial charge in [0, 0.05) is 0 Å². The largest absolute Gasteiger partial charge is 1.00 e. The molecular formula is Cl3CsKLi. The van der Waals surface area contributed by atoms with E-state index in [0.717, 1.165) is 0 Å². The Labute approximate surface area is 170 Å². The first kappa shape index (κ1) is 43.3. The Bertz CT molecular complexity index is 10.8. The van der Waals surface area contributed by atoms with Crippen LogP contribution in [0.5, 0.6) is 0 Å². The van der Waals surface area contributed by atoms with Gasteiger partial charge in [0.25, 0.3) is 0 Å². The maximum absolute atomic E-state index is 0. The molecule has 6 heteroatoms. The van der Waals surface area contributed by atoms with Gasteiger partial charge in [0.05, 0.1) is 0 Å². The van der Waals surface area contributed by atoms with E-state index >= 15 is 0 Å². The summed E-state index contributed by atoms with van der Waals surface area (Å²) < 4.78 is 0. The molecule has 0 aliphatic rings. The van der Waals surface area contributed by atoms with Gasteiger partial charge in [-0.1, -0.05) is 0 Å². The average Bonchev–Trinajstić information content (AvgIpc) is 0. The second-order valence-corrected chi connectivity index (χ2v) is 0. The maximum Gasteiger partial charge on any atom is 1.00 e. The molecule has 0 nitrogen and oxygen atoms in total. The summed E-state index contributed by atoms with van der Waals surface area (Å²) in [6.07, 6.45) is 0. The van der Waals surface area contributed by atoms with Crippen LogP contribution in [0, 0.1) is 0 Å². The molecule has 0 aromatic carbocycles. The van der Waals surface area contributed by atoms with Gasteiger partial charge in [0.1, 0.15) is 0 Å². The number of hydrogen-bond acceptors (Lipinski definition) is 0. The Balaban J connectivity index is 0. The molecule has 0 heterocycles. The van der Waals surface area contributed by atoms with Crippen molar-refractivity contribution in [3.8, 4) is 0 Å². The van der Waals surface area contributed by atoms with E-state index in [1.165, 1.54) is 0 Å². The Morgan fingerprint density at radius 2 is 0.667 bits per heavy atom. The summed E-state index contributed by atoms with van der Waals surface area (Å²) in [5, 5.41) is 0. The zero-order chi connectivity index (χ0) is 0. The third-order valence-electron chi connectivity index (χ3n) is 0. The van der Waals surface area contributed by atoms with Gasteiger partial charge < -0.3 is 37.2 Å². The van der Waals surface area contributed by atoms with E-state index in [4.69, 9.17) is 0 Å². The van der Waals surface area contributed by atoms with Crippen LogP contribution in [0.4, 0.5) is 0 Å². The SMILES string of the molecule is [Cl-].[Cl-].[Cl-].[Cs+].[K+].[Li+]. The Morgan fingerprint density at radius 3 is 0.667 bits per heavy atom. The molecular weight excluding hydrogens is 285 g/mol. The van der Waals surface area contributed by atoms with Crippen molar-refractivity contribution < 1.29 is 176 Å². The Kier molecular flexibility index (Phi) is 231. The summed E-state index contributed by atoms with van der Waals surface area (Å²) in [4.78, 5) is 0. The molecule has 0 fully saturated rings. The normalized spacial score (nSPS) is 0. The van der Waals surface area contributed by atoms with Crippen molar-refractivity contribution in [3.05, 3.63) is 0 Å². The Hall–Kier alpha value is 5.16. The van der Waals surface area contributed by atoms with Crippen LogP contribution in [0.15, 0.2) is 0 Å². The van der Waals surface area contributed by atoms with E-state index in [1.807, 2.05) is 0 Å². The van der Waals surface area contributed by atoms with Crippen molar-refractivity contribution in [3.63, 3.8) is 0 Å². The van der Waals surface area contributed by atoms with Crippen LogP contribution in [0.25, 0.3) is 0 Å². The molecule has 0 saturated heterocycles. The molecule has 0 rings (SSSR count). The average molecular weight is 285 g/mol. The molecule has 0 unspecified atom stereocenters. The maximum atomic E-state index is 0. The van der Waals surface area contributed by atoms with Crippen molar-refractivity contribution >= 4 is 0 Å². The first-order valence-corrected chi connectivity index (χ1v) is 0. The minimum atomic E-state index is 0. The first-order chi connectivity index (χ1) is 0. The van der Waals surface area contributed by atoms with E-state index < -0.39 is 0 Å². The minimum absolute atomic E-state index is 0. The molecule has 0 atom stereocenters. The van der Waals surface area contributed by atoms with Crippen LogP contribution in [0.1, 0.15) is 0 Å². The number of halogens is 3. The van der Waals surface area contributed by atoms with Crippen molar-refractivity contribution in [2.24, 2.45) is 0 Å². The third kappa shape index (κ3) is 22.9. The smallest absolute Gasteiger partial charge is 1.00 e. The summed E-state index contributed by atoms with van der Waals surface area (Å²) in [6.45, 7) is 0. The minimum Gasteiger partial charge on any atom is -1.00 e. The van der Waals surface area contributed by atoms with Gasteiger partial charge in [-0.2, -0.15) is 0 Å². The summed E-state index contributed by atoms with van der Waals surface area (Å²) in [6, 6.07) is 0. The van der Waals surface area contributed by atoms with Gasteiger partial charge in [0.2, 0.25) is 0 Å². The first-order valence-electron chi connectivity index (χ1n) is 0. The van der Waals surface area contributed by atoms with Crippen molar-refractivity contribution in [1.29, 1.82) is 0 Å². The second kappa shape index (κ2) is 32.0. The quantitative estimate of drug-likeness (QED) is 0.388. The standard InChI is InChI=1S/3ClH.Cs.K.Li/h3*1H;;;/q;;;3*+1/p-3. The van der Waals surface area contributed by atoms with Gasteiger partial charge in [-0.05, 0) is 0 Å². The fraction of sp³-hybridized carbons (Fsp3) is 0. The van der Waals surface area contributed by atoms with Gasteiger partial charge in [0.15, 0.2) is 0 Å². The van der Waals surface area contributed by atoms with Crippen molar-refractivity contribution in [1.82, 2.24) is 0 Å². The van der Waals surface area contributed by atoms with Crippen LogP contribution in [-0.2, 0) is 0 Å². The fourth-order valence-corrected chi connectivity index (χ4v) is 0. The molecule has 0 bridgehead atoms. The van der Waals surface area contributed by atoms with Crippen LogP contribution >= 0.6 is 0 Å². The van der Waals surface area contributed by atoms with E-state index in [9.17, 15) is 0 Å². The molecule has 24 valence electrons. The molecule has 6 heavy (non-hydrogen) atoms. The zero-order valence-electron chi connectivity index (χ0n) is 4.13. The van der Waals surface area contributed by atoms with Crippen molar-refractivity contribution in [2.45, 2.75) is 0 Å². The topological polar surface area (TPSA) is 0 Å². The van der Waals surface area contributed by atoms with Crippen LogP contribution in [-0.4, -0.2) is 0 Å². The second-order valence-electron chi connectivity index (χ2n) is 0. The van der Waals surface area contributed by atoms with Crippen LogP contribution in [0.2, 0.25) is 0 Å². The third-order valence-corrected chi connectivity index (χ3v) is 0. The molecule has 0 aliphatic heterocycles. The van der Waals surface area contributed by atoms with Gasteiger partial charge in [-0.15, -0.1) is 0 Å². The summed E-state index contributed by atoms with van der Waals surface area (Å²) in [5.41, 5.74) is 0. The van der Waals surface area contributed by atoms with E-state index in [2.05, 4.69) is 0 Å². The zero-order valence-corrected chi connectivity index (χ0v) is 15.8. The van der Waals surface area contributed by atoms with Crippen molar-refractivity contribution in [2.75, 3.05) is 0 Å². The fourth-order valence-electron chi connectivity index (χ4n) is 0. The summed E-state index contributed by atoms with van der Waals surface area (Å²) >= 11 is 0. The molecule has 0 aromatic heterocycles. The van der Waals surface area contributed by atoms with Gasteiger partial charge in [-0.3, -0.25) is 0 Å². The predicted molar refractivity (Wildman–Crippen MR) is 0 cm³/mol. The molecule has 0 radical (unpaired) electrons. The molecule has 0 N–H and O–H groups in total. The molecule has 0 amide bonds. The van der Waals surface area contributed by atoms with Gasteiger partial charge >= 0.3 is 139 Å². The van der Waals surface area contributed by atoms with E-state index in [0.29, 0.717) is 0 Å². The summed E-state index contributed by atoms with van der Waals surface area (Å²) in [7, 11) is 0. The van der Waals surface area contributed by atoms with E-state index in [-0.39, 0.29) is 176 Å². The van der Waals surface area contributed by atoms with Crippen LogP contribution < -0.4 is 176 Å². The van der Waals surface area contributed by atoms with E-state index in [1.54, 1.807) is 0 Å². The molecule has 0 aromatic rings. The molecule has 0 saturated carbocycles.